The van der Waals surface area contributed by atoms with E-state index in [1.165, 1.54) is 24.3 Å². The van der Waals surface area contributed by atoms with Gasteiger partial charge in [-0.1, -0.05) is 20.8 Å². The van der Waals surface area contributed by atoms with E-state index in [0.29, 0.717) is 17.7 Å². The van der Waals surface area contributed by atoms with Crippen molar-refractivity contribution >= 4 is 23.7 Å². The Hall–Kier alpha value is -2.34. The second-order valence-corrected chi connectivity index (χ2v) is 8.17. The maximum Gasteiger partial charge on any atom is 0.338 e. The first kappa shape index (κ1) is 21.7. The molecule has 0 aliphatic rings. The summed E-state index contributed by atoms with van der Waals surface area (Å²) in [6, 6.07) is 12.2. The van der Waals surface area contributed by atoms with Gasteiger partial charge < -0.3 is 9.84 Å². The number of esters is 1. The largest absolute Gasteiger partial charge is 0.478 e. The Kier molecular flexibility index (Phi) is 8.32. The molecule has 0 saturated heterocycles. The summed E-state index contributed by atoms with van der Waals surface area (Å²) in [5.74, 6) is -1.65. The van der Waals surface area contributed by atoms with Gasteiger partial charge in [0.15, 0.2) is 0 Å². The fraction of sp³-hybridized carbons (Fsp3) is 0.300. The van der Waals surface area contributed by atoms with Crippen LogP contribution in [0, 0.1) is 5.82 Å². The maximum atomic E-state index is 12.4. The highest BCUT2D eigenvalue weighted by molar-refractivity contribution is 8.00. The molecule has 2 aromatic carbocycles. The summed E-state index contributed by atoms with van der Waals surface area (Å²) in [6.07, 6.45) is 0. The minimum absolute atomic E-state index is 0.157. The van der Waals surface area contributed by atoms with Crippen molar-refractivity contribution in [2.75, 3.05) is 6.61 Å². The monoisotopic (exact) mass is 378 g/mol. The fourth-order valence-corrected chi connectivity index (χ4v) is 2.80. The molecule has 0 aliphatic heterocycles. The van der Waals surface area contributed by atoms with Gasteiger partial charge in [-0.25, -0.2) is 14.0 Å². The molecule has 4 nitrogen and oxygen atoms in total. The van der Waals surface area contributed by atoms with E-state index in [2.05, 4.69) is 20.8 Å². The minimum atomic E-state index is -0.877. The van der Waals surface area contributed by atoms with Crippen LogP contribution in [0.5, 0.6) is 0 Å². The number of carbonyl (C=O) groups is 2. The molecule has 0 heterocycles. The molecule has 2 aromatic rings. The molecule has 0 spiro atoms. The molecule has 6 heteroatoms. The van der Waals surface area contributed by atoms with Crippen molar-refractivity contribution < 1.29 is 23.8 Å². The van der Waals surface area contributed by atoms with E-state index in [1.807, 2.05) is 12.1 Å². The third kappa shape index (κ3) is 8.16. The molecular formula is C20H23FO4S. The average molecular weight is 378 g/mol. The number of carboxylic acids is 1. The van der Waals surface area contributed by atoms with Crippen LogP contribution in [0.25, 0.3) is 0 Å². The fourth-order valence-electron chi connectivity index (χ4n) is 1.82. The van der Waals surface area contributed by atoms with Crippen molar-refractivity contribution in [1.29, 1.82) is 0 Å². The lowest BCUT2D eigenvalue weighted by atomic mass is 10.2. The van der Waals surface area contributed by atoms with Crippen molar-refractivity contribution in [3.05, 3.63) is 65.5 Å². The highest BCUT2D eigenvalue weighted by Crippen LogP contribution is 2.31. The first-order valence-corrected chi connectivity index (χ1v) is 8.89. The van der Waals surface area contributed by atoms with Gasteiger partial charge in [0.05, 0.1) is 17.7 Å². The van der Waals surface area contributed by atoms with Gasteiger partial charge in [-0.05, 0) is 55.5 Å². The Labute approximate surface area is 157 Å². The normalized spacial score (nSPS) is 10.5. The van der Waals surface area contributed by atoms with Crippen LogP contribution in [0.15, 0.2) is 53.4 Å². The molecule has 0 bridgehead atoms. The van der Waals surface area contributed by atoms with E-state index >= 15 is 0 Å². The molecule has 140 valence electrons. The van der Waals surface area contributed by atoms with Gasteiger partial charge in [-0.15, -0.1) is 11.8 Å². The smallest absolute Gasteiger partial charge is 0.338 e. The summed E-state index contributed by atoms with van der Waals surface area (Å²) >= 11 is 1.73. The zero-order valence-corrected chi connectivity index (χ0v) is 16.1. The van der Waals surface area contributed by atoms with Gasteiger partial charge in [0, 0.05) is 9.64 Å². The molecule has 2 rings (SSSR count). The third-order valence-electron chi connectivity index (χ3n) is 2.88. The van der Waals surface area contributed by atoms with Crippen LogP contribution in [0.1, 0.15) is 48.4 Å². The molecule has 0 fully saturated rings. The van der Waals surface area contributed by atoms with Crippen molar-refractivity contribution in [2.45, 2.75) is 37.3 Å². The molecule has 0 amide bonds. The summed E-state index contributed by atoms with van der Waals surface area (Å²) in [7, 11) is 0. The van der Waals surface area contributed by atoms with E-state index in [1.54, 1.807) is 30.8 Å². The second-order valence-electron chi connectivity index (χ2n) is 6.27. The van der Waals surface area contributed by atoms with Crippen LogP contribution in [0.3, 0.4) is 0 Å². The average Bonchev–Trinajstić information content (AvgIpc) is 2.55. The Morgan fingerprint density at radius 3 is 1.92 bits per heavy atom. The van der Waals surface area contributed by atoms with Crippen molar-refractivity contribution in [2.24, 2.45) is 0 Å². The van der Waals surface area contributed by atoms with Crippen LogP contribution in [-0.2, 0) is 4.74 Å². The number of hydrogen-bond donors (Lipinski definition) is 1. The van der Waals surface area contributed by atoms with E-state index in [-0.39, 0.29) is 10.6 Å². The molecule has 26 heavy (non-hydrogen) atoms. The molecule has 0 unspecified atom stereocenters. The van der Waals surface area contributed by atoms with Crippen LogP contribution in [0.2, 0.25) is 0 Å². The Morgan fingerprint density at radius 1 is 1.00 bits per heavy atom. The van der Waals surface area contributed by atoms with Crippen LogP contribution >= 0.6 is 11.8 Å². The number of ether oxygens (including phenoxy) is 1. The second kappa shape index (κ2) is 9.97. The van der Waals surface area contributed by atoms with Crippen LogP contribution < -0.4 is 0 Å². The van der Waals surface area contributed by atoms with Crippen LogP contribution in [-0.4, -0.2) is 28.4 Å². The van der Waals surface area contributed by atoms with Gasteiger partial charge in [0.2, 0.25) is 0 Å². The lowest BCUT2D eigenvalue weighted by molar-refractivity contribution is 0.0525. The topological polar surface area (TPSA) is 63.6 Å². The Morgan fingerprint density at radius 2 is 1.50 bits per heavy atom. The van der Waals surface area contributed by atoms with E-state index in [4.69, 9.17) is 9.84 Å². The Bertz CT molecular complexity index is 719. The number of rotatable bonds is 4. The minimum Gasteiger partial charge on any atom is -0.478 e. The summed E-state index contributed by atoms with van der Waals surface area (Å²) in [5.41, 5.74) is 0.710. The third-order valence-corrected chi connectivity index (χ3v) is 4.00. The van der Waals surface area contributed by atoms with Crippen molar-refractivity contribution in [1.82, 2.24) is 0 Å². The molecule has 0 aliphatic carbocycles. The van der Waals surface area contributed by atoms with Crippen molar-refractivity contribution in [3.8, 4) is 0 Å². The molecule has 0 radical (unpaired) electrons. The van der Waals surface area contributed by atoms with Crippen LogP contribution in [0.4, 0.5) is 4.39 Å². The summed E-state index contributed by atoms with van der Waals surface area (Å²) < 4.78 is 17.2. The zero-order chi connectivity index (χ0) is 19.7. The predicted molar refractivity (Wildman–Crippen MR) is 101 cm³/mol. The quantitative estimate of drug-likeness (QED) is 0.579. The van der Waals surface area contributed by atoms with E-state index in [9.17, 15) is 14.0 Å². The highest BCUT2D eigenvalue weighted by atomic mass is 32.2. The summed E-state index contributed by atoms with van der Waals surface area (Å²) in [5, 5.41) is 8.70. The van der Waals surface area contributed by atoms with E-state index in [0.717, 1.165) is 4.90 Å². The number of benzene rings is 2. The van der Waals surface area contributed by atoms with Gasteiger partial charge in [-0.2, -0.15) is 0 Å². The lowest BCUT2D eigenvalue weighted by Gasteiger charge is -2.17. The molecule has 0 atom stereocenters. The first-order valence-electron chi connectivity index (χ1n) is 8.07. The molecular weight excluding hydrogens is 355 g/mol. The summed E-state index contributed by atoms with van der Waals surface area (Å²) in [4.78, 5) is 22.7. The predicted octanol–water partition coefficient (Wildman–Crippen LogP) is 5.28. The van der Waals surface area contributed by atoms with Gasteiger partial charge >= 0.3 is 11.9 Å². The maximum absolute atomic E-state index is 12.4. The Balaban J connectivity index is 0.000000263. The number of halogens is 1. The number of hydrogen-bond acceptors (Lipinski definition) is 4. The molecule has 0 aromatic heterocycles. The van der Waals surface area contributed by atoms with Crippen molar-refractivity contribution in [3.63, 3.8) is 0 Å². The molecule has 1 N–H and O–H groups in total. The van der Waals surface area contributed by atoms with Gasteiger partial charge in [0.1, 0.15) is 5.82 Å². The van der Waals surface area contributed by atoms with E-state index < -0.39 is 11.9 Å². The zero-order valence-electron chi connectivity index (χ0n) is 15.3. The van der Waals surface area contributed by atoms with Gasteiger partial charge in [-0.3, -0.25) is 0 Å². The summed E-state index contributed by atoms with van der Waals surface area (Å²) in [6.45, 7) is 8.44. The number of carbonyl (C=O) groups excluding carboxylic acids is 1. The lowest BCUT2D eigenvalue weighted by Crippen LogP contribution is -2.06. The van der Waals surface area contributed by atoms with Gasteiger partial charge in [0.25, 0.3) is 0 Å². The number of aromatic carboxylic acids is 1. The molecule has 0 saturated carbocycles. The SMILES string of the molecule is CC(C)(C)Sc1ccc(C(=O)O)cc1.CCOC(=O)c1ccc(F)cc1. The highest BCUT2D eigenvalue weighted by Gasteiger charge is 2.12. The number of thioether (sulfide) groups is 1. The standard InChI is InChI=1S/C11H14O2S.C9H9FO2/c1-11(2,3)14-9-6-4-8(5-7-9)10(12)13;1-2-12-9(11)7-3-5-8(10)6-4-7/h4-7H,1-3H3,(H,12,13);3-6H,2H2,1H3. The number of carboxylic acid groups (broad SMARTS) is 1. The first-order chi connectivity index (χ1) is 12.1.